The van der Waals surface area contributed by atoms with Crippen LogP contribution >= 0.6 is 0 Å². The Balaban J connectivity index is 1.72. The molecule has 1 N–H and O–H groups in total. The van der Waals surface area contributed by atoms with Crippen LogP contribution in [-0.2, 0) is 4.74 Å². The number of ether oxygens (including phenoxy) is 1. The molecule has 0 unspecified atom stereocenters. The fraction of sp³-hybridized carbons (Fsp3) is 0.789. The molecule has 2 heteroatoms. The zero-order valence-corrected chi connectivity index (χ0v) is 14.1. The van der Waals surface area contributed by atoms with E-state index in [0.717, 1.165) is 6.42 Å². The highest BCUT2D eigenvalue weighted by molar-refractivity contribution is 5.09. The van der Waals surface area contributed by atoms with Gasteiger partial charge in [0.2, 0.25) is 0 Å². The van der Waals surface area contributed by atoms with Crippen LogP contribution in [-0.4, -0.2) is 0 Å². The molecular weight excluding hydrogens is 258 g/mol. The standard InChI is InChI=1S/C19H35NO/c1-3-4-5-6-7-8-9-10-11-12-13-14-15-16-19-17-21-18(2)20-19/h17,20H,2-16H2,1H3. The first kappa shape index (κ1) is 18.1. The molecule has 0 aromatic carbocycles. The summed E-state index contributed by atoms with van der Waals surface area (Å²) in [5.74, 6) is 0.666. The number of unbranched alkanes of at least 4 members (excludes halogenated alkanes) is 12. The van der Waals surface area contributed by atoms with Gasteiger partial charge < -0.3 is 10.1 Å². The molecule has 0 saturated heterocycles. The molecule has 0 aromatic rings. The Labute approximate surface area is 132 Å². The van der Waals surface area contributed by atoms with Crippen molar-refractivity contribution in [2.24, 2.45) is 0 Å². The Hall–Kier alpha value is -0.920. The van der Waals surface area contributed by atoms with Gasteiger partial charge in [-0.2, -0.15) is 0 Å². The van der Waals surface area contributed by atoms with E-state index in [1.807, 2.05) is 0 Å². The molecule has 0 aromatic heterocycles. The van der Waals surface area contributed by atoms with Crippen LogP contribution < -0.4 is 5.32 Å². The molecule has 1 rings (SSSR count). The normalized spacial score (nSPS) is 14.0. The Kier molecular flexibility index (Phi) is 11.0. The Morgan fingerprint density at radius 3 is 1.71 bits per heavy atom. The van der Waals surface area contributed by atoms with Crippen LogP contribution in [0, 0.1) is 0 Å². The highest BCUT2D eigenvalue weighted by atomic mass is 16.5. The highest BCUT2D eigenvalue weighted by Crippen LogP contribution is 2.16. The lowest BCUT2D eigenvalue weighted by Crippen LogP contribution is -2.04. The number of nitrogens with one attached hydrogen (secondary N) is 1. The van der Waals surface area contributed by atoms with Gasteiger partial charge in [0.05, 0.1) is 5.70 Å². The van der Waals surface area contributed by atoms with Gasteiger partial charge in [-0.15, -0.1) is 0 Å². The second-order valence-electron chi connectivity index (χ2n) is 6.30. The van der Waals surface area contributed by atoms with Crippen molar-refractivity contribution in [3.63, 3.8) is 0 Å². The molecule has 0 fully saturated rings. The minimum Gasteiger partial charge on any atom is -0.448 e. The molecule has 21 heavy (non-hydrogen) atoms. The Morgan fingerprint density at radius 2 is 1.29 bits per heavy atom. The summed E-state index contributed by atoms with van der Waals surface area (Å²) in [5.41, 5.74) is 1.18. The zero-order chi connectivity index (χ0) is 15.2. The summed E-state index contributed by atoms with van der Waals surface area (Å²) in [4.78, 5) is 0. The first-order chi connectivity index (χ1) is 10.3. The van der Waals surface area contributed by atoms with Crippen molar-refractivity contribution < 1.29 is 4.74 Å². The molecule has 2 nitrogen and oxygen atoms in total. The average molecular weight is 293 g/mol. The van der Waals surface area contributed by atoms with Crippen molar-refractivity contribution in [3.8, 4) is 0 Å². The lowest BCUT2D eigenvalue weighted by Gasteiger charge is -2.04. The van der Waals surface area contributed by atoms with Gasteiger partial charge in [0, 0.05) is 0 Å². The van der Waals surface area contributed by atoms with Gasteiger partial charge in [0.25, 0.3) is 0 Å². The summed E-state index contributed by atoms with van der Waals surface area (Å²) in [6.45, 7) is 6.02. The van der Waals surface area contributed by atoms with Gasteiger partial charge in [-0.05, 0) is 19.4 Å². The van der Waals surface area contributed by atoms with Crippen LogP contribution in [0.15, 0.2) is 24.4 Å². The maximum Gasteiger partial charge on any atom is 0.189 e. The lowest BCUT2D eigenvalue weighted by molar-refractivity contribution is 0.359. The molecule has 1 aliphatic rings. The van der Waals surface area contributed by atoms with Crippen LogP contribution in [0.2, 0.25) is 0 Å². The number of allylic oxidation sites excluding steroid dienone is 1. The molecule has 1 heterocycles. The monoisotopic (exact) mass is 293 g/mol. The summed E-state index contributed by atoms with van der Waals surface area (Å²) in [6, 6.07) is 0. The summed E-state index contributed by atoms with van der Waals surface area (Å²) in [5, 5.41) is 3.14. The predicted molar refractivity (Wildman–Crippen MR) is 91.8 cm³/mol. The van der Waals surface area contributed by atoms with E-state index < -0.39 is 0 Å². The molecule has 0 bridgehead atoms. The zero-order valence-electron chi connectivity index (χ0n) is 14.1. The van der Waals surface area contributed by atoms with Gasteiger partial charge >= 0.3 is 0 Å². The SMILES string of the molecule is C=C1NC(CCCCCCCCCCCCCCC)=CO1. The van der Waals surface area contributed by atoms with Crippen LogP contribution in [0.5, 0.6) is 0 Å². The second-order valence-corrected chi connectivity index (χ2v) is 6.30. The lowest BCUT2D eigenvalue weighted by atomic mass is 10.0. The summed E-state index contributed by atoms with van der Waals surface area (Å²) in [7, 11) is 0. The largest absolute Gasteiger partial charge is 0.448 e. The van der Waals surface area contributed by atoms with Gasteiger partial charge in [0.1, 0.15) is 6.26 Å². The van der Waals surface area contributed by atoms with E-state index in [1.54, 1.807) is 6.26 Å². The predicted octanol–water partition coefficient (Wildman–Crippen LogP) is 6.40. The average Bonchev–Trinajstić information content (AvgIpc) is 2.89. The molecule has 0 amide bonds. The van der Waals surface area contributed by atoms with Gasteiger partial charge in [-0.3, -0.25) is 0 Å². The van der Waals surface area contributed by atoms with Crippen LogP contribution in [0.25, 0.3) is 0 Å². The molecule has 122 valence electrons. The molecular formula is C19H35NO. The van der Waals surface area contributed by atoms with Crippen molar-refractivity contribution in [1.82, 2.24) is 5.32 Å². The minimum absolute atomic E-state index is 0.666. The second kappa shape index (κ2) is 12.8. The van der Waals surface area contributed by atoms with E-state index in [9.17, 15) is 0 Å². The van der Waals surface area contributed by atoms with Crippen LogP contribution in [0.1, 0.15) is 96.8 Å². The number of hydrogen-bond donors (Lipinski definition) is 1. The summed E-state index contributed by atoms with van der Waals surface area (Å²) >= 11 is 0. The molecule has 0 aliphatic carbocycles. The molecule has 1 aliphatic heterocycles. The van der Waals surface area contributed by atoms with E-state index >= 15 is 0 Å². The van der Waals surface area contributed by atoms with Crippen LogP contribution in [0.4, 0.5) is 0 Å². The smallest absolute Gasteiger partial charge is 0.189 e. The van der Waals surface area contributed by atoms with E-state index in [4.69, 9.17) is 4.74 Å². The first-order valence-corrected chi connectivity index (χ1v) is 9.14. The van der Waals surface area contributed by atoms with E-state index in [0.29, 0.717) is 5.88 Å². The van der Waals surface area contributed by atoms with E-state index in [2.05, 4.69) is 18.8 Å². The van der Waals surface area contributed by atoms with Gasteiger partial charge in [-0.1, -0.05) is 84.0 Å². The van der Waals surface area contributed by atoms with Crippen molar-refractivity contribution >= 4 is 0 Å². The third-order valence-electron chi connectivity index (χ3n) is 4.19. The summed E-state index contributed by atoms with van der Waals surface area (Å²) in [6.07, 6.45) is 21.2. The van der Waals surface area contributed by atoms with Gasteiger partial charge in [-0.25, -0.2) is 0 Å². The third kappa shape index (κ3) is 10.4. The number of hydrogen-bond acceptors (Lipinski definition) is 2. The molecule has 0 atom stereocenters. The molecule has 0 saturated carbocycles. The Morgan fingerprint density at radius 1 is 0.810 bits per heavy atom. The molecule has 0 radical (unpaired) electrons. The van der Waals surface area contributed by atoms with Gasteiger partial charge in [0.15, 0.2) is 5.88 Å². The minimum atomic E-state index is 0.666. The maximum atomic E-state index is 5.16. The first-order valence-electron chi connectivity index (χ1n) is 9.14. The molecule has 0 spiro atoms. The highest BCUT2D eigenvalue weighted by Gasteiger charge is 2.06. The van der Waals surface area contributed by atoms with Crippen molar-refractivity contribution in [1.29, 1.82) is 0 Å². The van der Waals surface area contributed by atoms with Crippen molar-refractivity contribution in [2.75, 3.05) is 0 Å². The quantitative estimate of drug-likeness (QED) is 0.374. The Bertz CT molecular complexity index is 296. The fourth-order valence-corrected chi connectivity index (χ4v) is 2.83. The van der Waals surface area contributed by atoms with E-state index in [1.165, 1.54) is 89.2 Å². The van der Waals surface area contributed by atoms with Crippen LogP contribution in [0.3, 0.4) is 0 Å². The number of rotatable bonds is 14. The fourth-order valence-electron chi connectivity index (χ4n) is 2.83. The third-order valence-corrected chi connectivity index (χ3v) is 4.19. The van der Waals surface area contributed by atoms with E-state index in [-0.39, 0.29) is 0 Å². The van der Waals surface area contributed by atoms with Crippen molar-refractivity contribution in [2.45, 2.75) is 96.8 Å². The topological polar surface area (TPSA) is 21.3 Å². The summed E-state index contributed by atoms with van der Waals surface area (Å²) < 4.78 is 5.16. The maximum absolute atomic E-state index is 5.16. The van der Waals surface area contributed by atoms with Crippen molar-refractivity contribution in [3.05, 3.63) is 24.4 Å².